The lowest BCUT2D eigenvalue weighted by Gasteiger charge is -2.19. The molecule has 0 spiro atoms. The van der Waals surface area contributed by atoms with E-state index in [4.69, 9.17) is 9.47 Å². The van der Waals surface area contributed by atoms with Crippen molar-refractivity contribution in [1.29, 1.82) is 0 Å². The number of carbonyl (C=O) groups excluding carboxylic acids is 1. The van der Waals surface area contributed by atoms with Crippen LogP contribution < -0.4 is 9.44 Å². The molecular weight excluding hydrogens is 248 g/mol. The minimum atomic E-state index is -3.86. The third kappa shape index (κ3) is 10.0. The van der Waals surface area contributed by atoms with Gasteiger partial charge in [0, 0.05) is 20.3 Å². The van der Waals surface area contributed by atoms with Gasteiger partial charge in [0.05, 0.1) is 0 Å². The van der Waals surface area contributed by atoms with E-state index < -0.39 is 21.9 Å². The maximum atomic E-state index is 11.3. The van der Waals surface area contributed by atoms with Crippen LogP contribution in [-0.4, -0.2) is 40.4 Å². The molecule has 0 atom stereocenters. The van der Waals surface area contributed by atoms with Gasteiger partial charge in [0.25, 0.3) is 0 Å². The van der Waals surface area contributed by atoms with E-state index >= 15 is 0 Å². The lowest BCUT2D eigenvalue weighted by atomic mass is 10.2. The standard InChI is InChI=1S/C9H20N2O5S/c1-9(2,3)16-8(12)11-17(13,14)10-6-5-7-15-4/h10H,5-7H2,1-4H3,(H,11,12). The van der Waals surface area contributed by atoms with Gasteiger partial charge < -0.3 is 9.47 Å². The largest absolute Gasteiger partial charge is 0.443 e. The average Bonchev–Trinajstić information content (AvgIpc) is 2.08. The third-order valence-electron chi connectivity index (χ3n) is 1.43. The minimum Gasteiger partial charge on any atom is -0.443 e. The topological polar surface area (TPSA) is 93.7 Å². The predicted octanol–water partition coefficient (Wildman–Crippen LogP) is 0.382. The van der Waals surface area contributed by atoms with Crippen molar-refractivity contribution in [2.24, 2.45) is 0 Å². The molecule has 0 bridgehead atoms. The first-order valence-corrected chi connectivity index (χ1v) is 6.64. The number of nitrogens with one attached hydrogen (secondary N) is 2. The number of hydrogen-bond acceptors (Lipinski definition) is 5. The van der Waals surface area contributed by atoms with Gasteiger partial charge in [-0.3, -0.25) is 0 Å². The van der Waals surface area contributed by atoms with Crippen LogP contribution in [-0.2, 0) is 19.7 Å². The zero-order valence-electron chi connectivity index (χ0n) is 10.6. The molecule has 8 heteroatoms. The van der Waals surface area contributed by atoms with E-state index in [1.165, 1.54) is 7.11 Å². The molecule has 1 amide bonds. The molecule has 102 valence electrons. The van der Waals surface area contributed by atoms with E-state index in [9.17, 15) is 13.2 Å². The van der Waals surface area contributed by atoms with E-state index in [0.717, 1.165) is 0 Å². The summed E-state index contributed by atoms with van der Waals surface area (Å²) in [6.45, 7) is 5.56. The molecule has 0 saturated heterocycles. The first kappa shape index (κ1) is 16.1. The Balaban J connectivity index is 4.04. The smallest absolute Gasteiger partial charge is 0.422 e. The number of amides is 1. The molecule has 0 aliphatic rings. The van der Waals surface area contributed by atoms with E-state index in [0.29, 0.717) is 13.0 Å². The van der Waals surface area contributed by atoms with Gasteiger partial charge >= 0.3 is 16.3 Å². The quantitative estimate of drug-likeness (QED) is 0.679. The summed E-state index contributed by atoms with van der Waals surface area (Å²) < 4.78 is 36.2. The fourth-order valence-electron chi connectivity index (χ4n) is 0.868. The Bertz CT molecular complexity index is 334. The summed E-state index contributed by atoms with van der Waals surface area (Å²) in [5.74, 6) is 0. The van der Waals surface area contributed by atoms with Crippen molar-refractivity contribution in [1.82, 2.24) is 9.44 Å². The lowest BCUT2D eigenvalue weighted by molar-refractivity contribution is 0.0569. The first-order chi connectivity index (χ1) is 7.66. The second-order valence-corrected chi connectivity index (χ2v) is 5.85. The SMILES string of the molecule is COCCCNS(=O)(=O)NC(=O)OC(C)(C)C. The summed E-state index contributed by atoms with van der Waals surface area (Å²) in [5, 5.41) is 0. The summed E-state index contributed by atoms with van der Waals surface area (Å²) in [6.07, 6.45) is -0.483. The van der Waals surface area contributed by atoms with Gasteiger partial charge in [-0.1, -0.05) is 0 Å². The van der Waals surface area contributed by atoms with Crippen LogP contribution in [0.3, 0.4) is 0 Å². The van der Waals surface area contributed by atoms with E-state index in [1.807, 2.05) is 0 Å². The zero-order valence-corrected chi connectivity index (χ0v) is 11.4. The van der Waals surface area contributed by atoms with Crippen LogP contribution in [0.15, 0.2) is 0 Å². The molecule has 0 aromatic rings. The maximum absolute atomic E-state index is 11.3. The fraction of sp³-hybridized carbons (Fsp3) is 0.889. The number of rotatable bonds is 6. The molecule has 7 nitrogen and oxygen atoms in total. The molecule has 0 fully saturated rings. The van der Waals surface area contributed by atoms with Gasteiger partial charge in [-0.2, -0.15) is 13.1 Å². The van der Waals surface area contributed by atoms with Crippen molar-refractivity contribution in [3.63, 3.8) is 0 Å². The summed E-state index contributed by atoms with van der Waals surface area (Å²) in [7, 11) is -2.34. The summed E-state index contributed by atoms with van der Waals surface area (Å²) >= 11 is 0. The normalized spacial score (nSPS) is 12.2. The van der Waals surface area contributed by atoms with Crippen LogP contribution in [0.1, 0.15) is 27.2 Å². The average molecular weight is 268 g/mol. The highest BCUT2D eigenvalue weighted by atomic mass is 32.2. The van der Waals surface area contributed by atoms with Crippen LogP contribution in [0.4, 0.5) is 4.79 Å². The Hall–Kier alpha value is -0.860. The van der Waals surface area contributed by atoms with Gasteiger partial charge in [0.15, 0.2) is 0 Å². The Morgan fingerprint density at radius 2 is 1.88 bits per heavy atom. The van der Waals surface area contributed by atoms with E-state index in [2.05, 4.69) is 4.72 Å². The molecule has 0 rings (SSSR count). The van der Waals surface area contributed by atoms with Crippen molar-refractivity contribution in [2.45, 2.75) is 32.8 Å². The number of methoxy groups -OCH3 is 1. The van der Waals surface area contributed by atoms with Crippen molar-refractivity contribution in [3.8, 4) is 0 Å². The van der Waals surface area contributed by atoms with Crippen LogP contribution in [0.5, 0.6) is 0 Å². The van der Waals surface area contributed by atoms with E-state index in [1.54, 1.807) is 25.5 Å². The third-order valence-corrected chi connectivity index (χ3v) is 2.45. The van der Waals surface area contributed by atoms with Crippen molar-refractivity contribution in [3.05, 3.63) is 0 Å². The first-order valence-electron chi connectivity index (χ1n) is 5.15. The van der Waals surface area contributed by atoms with Crippen LogP contribution >= 0.6 is 0 Å². The molecular formula is C9H20N2O5S. The molecule has 0 saturated carbocycles. The van der Waals surface area contributed by atoms with Crippen LogP contribution in [0.25, 0.3) is 0 Å². The lowest BCUT2D eigenvalue weighted by Crippen LogP contribution is -2.43. The van der Waals surface area contributed by atoms with Crippen LogP contribution in [0, 0.1) is 0 Å². The number of hydrogen-bond donors (Lipinski definition) is 2. The molecule has 0 unspecified atom stereocenters. The predicted molar refractivity (Wildman–Crippen MR) is 62.8 cm³/mol. The maximum Gasteiger partial charge on any atom is 0.422 e. The van der Waals surface area contributed by atoms with Crippen molar-refractivity contribution < 1.29 is 22.7 Å². The fourth-order valence-corrected chi connectivity index (χ4v) is 1.61. The highest BCUT2D eigenvalue weighted by molar-refractivity contribution is 7.88. The molecule has 17 heavy (non-hydrogen) atoms. The molecule has 0 aliphatic carbocycles. The zero-order chi connectivity index (χ0) is 13.5. The molecule has 0 aliphatic heterocycles. The van der Waals surface area contributed by atoms with Crippen molar-refractivity contribution in [2.75, 3.05) is 20.3 Å². The Morgan fingerprint density at radius 3 is 2.35 bits per heavy atom. The number of carbonyl (C=O) groups is 1. The Kier molecular flexibility index (Phi) is 6.43. The van der Waals surface area contributed by atoms with Gasteiger partial charge in [-0.15, -0.1) is 0 Å². The van der Waals surface area contributed by atoms with Crippen molar-refractivity contribution >= 4 is 16.3 Å². The van der Waals surface area contributed by atoms with Gasteiger partial charge in [-0.25, -0.2) is 9.52 Å². The Morgan fingerprint density at radius 1 is 1.29 bits per heavy atom. The Labute approximate surface area is 102 Å². The van der Waals surface area contributed by atoms with Gasteiger partial charge in [-0.05, 0) is 27.2 Å². The molecule has 0 heterocycles. The minimum absolute atomic E-state index is 0.186. The summed E-state index contributed by atoms with van der Waals surface area (Å²) in [4.78, 5) is 11.2. The van der Waals surface area contributed by atoms with E-state index in [-0.39, 0.29) is 6.54 Å². The van der Waals surface area contributed by atoms with Crippen LogP contribution in [0.2, 0.25) is 0 Å². The summed E-state index contributed by atoms with van der Waals surface area (Å²) in [6, 6.07) is 0. The van der Waals surface area contributed by atoms with Gasteiger partial charge in [0.2, 0.25) is 0 Å². The molecule has 0 aromatic heterocycles. The second-order valence-electron chi connectivity index (χ2n) is 4.35. The molecule has 2 N–H and O–H groups in total. The highest BCUT2D eigenvalue weighted by Crippen LogP contribution is 2.06. The summed E-state index contributed by atoms with van der Waals surface area (Å²) in [5.41, 5.74) is -0.740. The monoisotopic (exact) mass is 268 g/mol. The second kappa shape index (κ2) is 6.77. The molecule has 0 radical (unpaired) electrons. The van der Waals surface area contributed by atoms with Gasteiger partial charge in [0.1, 0.15) is 5.60 Å². The number of ether oxygens (including phenoxy) is 2. The molecule has 0 aromatic carbocycles. The highest BCUT2D eigenvalue weighted by Gasteiger charge is 2.20.